The van der Waals surface area contributed by atoms with Crippen molar-refractivity contribution in [3.05, 3.63) is 0 Å². The van der Waals surface area contributed by atoms with E-state index in [1.807, 2.05) is 18.7 Å². The van der Waals surface area contributed by atoms with Gasteiger partial charge in [0.05, 0.1) is 18.7 Å². The van der Waals surface area contributed by atoms with Gasteiger partial charge in [-0.15, -0.1) is 0 Å². The van der Waals surface area contributed by atoms with Crippen molar-refractivity contribution in [1.29, 1.82) is 0 Å². The number of nitrogens with one attached hydrogen (secondary N) is 3. The van der Waals surface area contributed by atoms with E-state index in [1.165, 1.54) is 0 Å². The molecule has 4 amide bonds. The molecule has 3 N–H and O–H groups in total. The number of fused-ring (bicyclic) bond motifs is 1. The molecular formula is C20H35N5O4. The number of rotatable bonds is 7. The third-order valence-electron chi connectivity index (χ3n) is 6.13. The van der Waals surface area contributed by atoms with Crippen LogP contribution in [0.3, 0.4) is 0 Å². The Labute approximate surface area is 172 Å². The summed E-state index contributed by atoms with van der Waals surface area (Å²) in [5.74, 6) is 0.184. The Kier molecular flexibility index (Phi) is 7.34. The van der Waals surface area contributed by atoms with Crippen LogP contribution >= 0.6 is 0 Å². The number of carbonyl (C=O) groups is 3. The van der Waals surface area contributed by atoms with Crippen molar-refractivity contribution in [1.82, 2.24) is 25.8 Å². The zero-order valence-electron chi connectivity index (χ0n) is 17.8. The number of hydrogen-bond donors (Lipinski definition) is 3. The standard InChI is InChI=1S/C20H35N5O4/c1-13(2)22-20(28)23-14-9-17-19(27)21-10-15(25(17)11-14)6-7-18(26)24-8-4-5-16(24)12-29-3/h13-17H,4-12H2,1-3H3,(H,21,27)(H2,22,23,28)/t14-,15+,16+,17-/m0/s1. The van der Waals surface area contributed by atoms with Gasteiger partial charge in [-0.05, 0) is 39.5 Å². The Morgan fingerprint density at radius 3 is 2.83 bits per heavy atom. The van der Waals surface area contributed by atoms with E-state index in [9.17, 15) is 14.4 Å². The van der Waals surface area contributed by atoms with Gasteiger partial charge in [0.15, 0.2) is 0 Å². The molecule has 164 valence electrons. The summed E-state index contributed by atoms with van der Waals surface area (Å²) >= 11 is 0. The summed E-state index contributed by atoms with van der Waals surface area (Å²) in [6, 6.07) is -0.133. The third-order valence-corrected chi connectivity index (χ3v) is 6.13. The second kappa shape index (κ2) is 9.75. The van der Waals surface area contributed by atoms with Gasteiger partial charge in [-0.1, -0.05) is 0 Å². The summed E-state index contributed by atoms with van der Waals surface area (Å²) in [4.78, 5) is 41.2. The zero-order valence-corrected chi connectivity index (χ0v) is 17.8. The van der Waals surface area contributed by atoms with E-state index < -0.39 is 0 Å². The fourth-order valence-electron chi connectivity index (χ4n) is 4.80. The molecule has 0 aromatic heterocycles. The fraction of sp³-hybridized carbons (Fsp3) is 0.850. The summed E-state index contributed by atoms with van der Waals surface area (Å²) < 4.78 is 5.25. The highest BCUT2D eigenvalue weighted by Crippen LogP contribution is 2.27. The van der Waals surface area contributed by atoms with Gasteiger partial charge < -0.3 is 25.6 Å². The van der Waals surface area contributed by atoms with Gasteiger partial charge in [0.25, 0.3) is 0 Å². The van der Waals surface area contributed by atoms with Crippen molar-refractivity contribution in [2.24, 2.45) is 0 Å². The SMILES string of the molecule is COC[C@H]1CCCN1C(=O)CC[C@@H]1CNC(=O)[C@@H]2C[C@H](NC(=O)NC(C)C)CN12. The molecule has 0 aliphatic carbocycles. The van der Waals surface area contributed by atoms with Crippen LogP contribution in [0.5, 0.6) is 0 Å². The monoisotopic (exact) mass is 409 g/mol. The van der Waals surface area contributed by atoms with Crippen molar-refractivity contribution < 1.29 is 19.1 Å². The first-order valence-corrected chi connectivity index (χ1v) is 10.8. The van der Waals surface area contributed by atoms with E-state index in [0.717, 1.165) is 19.4 Å². The molecule has 0 saturated carbocycles. The highest BCUT2D eigenvalue weighted by molar-refractivity contribution is 5.83. The largest absolute Gasteiger partial charge is 0.383 e. The number of ether oxygens (including phenoxy) is 1. The van der Waals surface area contributed by atoms with Crippen molar-refractivity contribution in [3.8, 4) is 0 Å². The summed E-state index contributed by atoms with van der Waals surface area (Å²) in [5, 5.41) is 8.78. The molecule has 3 aliphatic rings. The Hall–Kier alpha value is -1.87. The molecule has 9 nitrogen and oxygen atoms in total. The second-order valence-electron chi connectivity index (χ2n) is 8.69. The molecule has 3 rings (SSSR count). The van der Waals surface area contributed by atoms with Crippen LogP contribution in [0, 0.1) is 0 Å². The van der Waals surface area contributed by atoms with Gasteiger partial charge in [-0.2, -0.15) is 0 Å². The van der Waals surface area contributed by atoms with Crippen molar-refractivity contribution >= 4 is 17.8 Å². The van der Waals surface area contributed by atoms with Gasteiger partial charge >= 0.3 is 6.03 Å². The minimum Gasteiger partial charge on any atom is -0.383 e. The van der Waals surface area contributed by atoms with E-state index in [4.69, 9.17) is 4.74 Å². The van der Waals surface area contributed by atoms with Crippen molar-refractivity contribution in [2.75, 3.05) is 33.4 Å². The number of carbonyl (C=O) groups excluding carboxylic acids is 3. The molecule has 3 heterocycles. The smallest absolute Gasteiger partial charge is 0.315 e. The zero-order chi connectivity index (χ0) is 21.0. The number of amides is 4. The number of hydrogen-bond acceptors (Lipinski definition) is 5. The molecule has 29 heavy (non-hydrogen) atoms. The van der Waals surface area contributed by atoms with E-state index >= 15 is 0 Å². The lowest BCUT2D eigenvalue weighted by molar-refractivity contribution is -0.133. The first-order chi connectivity index (χ1) is 13.9. The molecule has 3 saturated heterocycles. The van der Waals surface area contributed by atoms with E-state index in [-0.39, 0.29) is 48.1 Å². The predicted octanol–water partition coefficient (Wildman–Crippen LogP) is 0.0529. The van der Waals surface area contributed by atoms with Crippen LogP contribution in [0.1, 0.15) is 46.0 Å². The van der Waals surface area contributed by atoms with Crippen molar-refractivity contribution in [3.63, 3.8) is 0 Å². The molecule has 3 fully saturated rings. The number of piperazine rings is 1. The lowest BCUT2D eigenvalue weighted by Gasteiger charge is -2.37. The first kappa shape index (κ1) is 21.8. The molecule has 0 radical (unpaired) electrons. The quantitative estimate of drug-likeness (QED) is 0.552. The van der Waals surface area contributed by atoms with E-state index in [2.05, 4.69) is 20.9 Å². The molecule has 9 heteroatoms. The van der Waals surface area contributed by atoms with Gasteiger partial charge in [0, 0.05) is 51.3 Å². The molecule has 0 aromatic rings. The molecule has 0 bridgehead atoms. The van der Waals surface area contributed by atoms with Crippen LogP contribution in [0.25, 0.3) is 0 Å². The van der Waals surface area contributed by atoms with Gasteiger partial charge in [-0.25, -0.2) is 4.79 Å². The van der Waals surface area contributed by atoms with Crippen LogP contribution < -0.4 is 16.0 Å². The second-order valence-corrected chi connectivity index (χ2v) is 8.69. The average Bonchev–Trinajstić information content (AvgIpc) is 3.28. The van der Waals surface area contributed by atoms with Crippen molar-refractivity contribution in [2.45, 2.75) is 76.2 Å². The lowest BCUT2D eigenvalue weighted by atomic mass is 10.0. The molecule has 0 aromatic carbocycles. The van der Waals surface area contributed by atoms with Crippen LogP contribution in [-0.2, 0) is 14.3 Å². The normalized spacial score (nSPS) is 29.7. The molecule has 3 aliphatic heterocycles. The number of nitrogens with zero attached hydrogens (tertiary/aromatic N) is 2. The van der Waals surface area contributed by atoms with Gasteiger partial charge in [-0.3, -0.25) is 14.5 Å². The molecular weight excluding hydrogens is 374 g/mol. The molecule has 0 unspecified atom stereocenters. The maximum Gasteiger partial charge on any atom is 0.315 e. The van der Waals surface area contributed by atoms with Crippen LogP contribution in [-0.4, -0.2) is 91.2 Å². The maximum absolute atomic E-state index is 12.7. The first-order valence-electron chi connectivity index (χ1n) is 10.8. The summed E-state index contributed by atoms with van der Waals surface area (Å²) in [6.07, 6.45) is 3.80. The highest BCUT2D eigenvalue weighted by atomic mass is 16.5. The summed E-state index contributed by atoms with van der Waals surface area (Å²) in [6.45, 7) is 6.40. The maximum atomic E-state index is 12.7. The van der Waals surface area contributed by atoms with Crippen LogP contribution in [0.2, 0.25) is 0 Å². The fourth-order valence-corrected chi connectivity index (χ4v) is 4.80. The summed E-state index contributed by atoms with van der Waals surface area (Å²) in [5.41, 5.74) is 0. The molecule has 4 atom stereocenters. The van der Waals surface area contributed by atoms with Crippen LogP contribution in [0.4, 0.5) is 4.79 Å². The Morgan fingerprint density at radius 1 is 1.31 bits per heavy atom. The number of likely N-dealkylation sites (tertiary alicyclic amines) is 1. The average molecular weight is 410 g/mol. The van der Waals surface area contributed by atoms with Gasteiger partial charge in [0.1, 0.15) is 0 Å². The minimum absolute atomic E-state index is 0.0147. The molecule has 0 spiro atoms. The Bertz CT molecular complexity index is 614. The van der Waals surface area contributed by atoms with Gasteiger partial charge in [0.2, 0.25) is 11.8 Å². The third kappa shape index (κ3) is 5.39. The number of urea groups is 1. The lowest BCUT2D eigenvalue weighted by Crippen LogP contribution is -2.58. The van der Waals surface area contributed by atoms with E-state index in [0.29, 0.717) is 39.0 Å². The minimum atomic E-state index is -0.235. The predicted molar refractivity (Wildman–Crippen MR) is 108 cm³/mol. The Morgan fingerprint density at radius 2 is 2.10 bits per heavy atom. The summed E-state index contributed by atoms with van der Waals surface area (Å²) in [7, 11) is 1.67. The Balaban J connectivity index is 1.53. The topological polar surface area (TPSA) is 103 Å². The van der Waals surface area contributed by atoms with E-state index in [1.54, 1.807) is 7.11 Å². The highest BCUT2D eigenvalue weighted by Gasteiger charge is 2.44. The number of methoxy groups -OCH3 is 1. The van der Waals surface area contributed by atoms with Crippen LogP contribution in [0.15, 0.2) is 0 Å².